The van der Waals surface area contributed by atoms with Crippen LogP contribution in [-0.4, -0.2) is 83.8 Å². The molecule has 0 aliphatic carbocycles. The quantitative estimate of drug-likeness (QED) is 0.447. The second-order valence-electron chi connectivity index (χ2n) is 10.1. The number of amides is 1. The molecule has 7 heteroatoms. The fraction of sp³-hybridized carbons (Fsp3) is 0.483. The molecule has 0 saturated carbocycles. The van der Waals surface area contributed by atoms with Gasteiger partial charge in [-0.25, -0.2) is 0 Å². The van der Waals surface area contributed by atoms with E-state index in [2.05, 4.69) is 38.3 Å². The van der Waals surface area contributed by atoms with E-state index in [4.69, 9.17) is 4.74 Å². The molecule has 0 spiro atoms. The van der Waals surface area contributed by atoms with E-state index < -0.39 is 0 Å². The SMILES string of the molecule is CCOc1ccc(-c2cccc3[nH]c(C(=O)NC4CCN(CCN5CCC(O)CC5)CC4)cc23)cc1. The molecule has 3 heterocycles. The number of benzene rings is 2. The number of nitrogens with one attached hydrogen (secondary N) is 2. The van der Waals surface area contributed by atoms with Gasteiger partial charge in [0.25, 0.3) is 5.91 Å². The lowest BCUT2D eigenvalue weighted by Gasteiger charge is -2.35. The Bertz CT molecular complexity index is 1140. The van der Waals surface area contributed by atoms with Crippen molar-refractivity contribution in [3.8, 4) is 16.9 Å². The maximum atomic E-state index is 13.1. The Labute approximate surface area is 213 Å². The Hall–Kier alpha value is -2.87. The summed E-state index contributed by atoms with van der Waals surface area (Å²) in [6.45, 7) is 8.77. The molecule has 1 aromatic heterocycles. The summed E-state index contributed by atoms with van der Waals surface area (Å²) in [6.07, 6.45) is 3.62. The molecule has 2 saturated heterocycles. The topological polar surface area (TPSA) is 80.8 Å². The van der Waals surface area contributed by atoms with Crippen LogP contribution < -0.4 is 10.1 Å². The Morgan fingerprint density at radius 3 is 2.33 bits per heavy atom. The number of H-pyrrole nitrogens is 1. The Balaban J connectivity index is 1.16. The van der Waals surface area contributed by atoms with Crippen LogP contribution in [0.2, 0.25) is 0 Å². The first kappa shape index (κ1) is 24.8. The van der Waals surface area contributed by atoms with Gasteiger partial charge in [-0.05, 0) is 68.0 Å². The van der Waals surface area contributed by atoms with Gasteiger partial charge in [-0.2, -0.15) is 0 Å². The van der Waals surface area contributed by atoms with Gasteiger partial charge in [-0.15, -0.1) is 0 Å². The average Bonchev–Trinajstić information content (AvgIpc) is 3.35. The third-order valence-electron chi connectivity index (χ3n) is 7.60. The average molecular weight is 491 g/mol. The number of rotatable bonds is 8. The molecule has 1 amide bonds. The van der Waals surface area contributed by atoms with E-state index in [9.17, 15) is 9.90 Å². The first-order valence-corrected chi connectivity index (χ1v) is 13.4. The van der Waals surface area contributed by atoms with Crippen LogP contribution in [0.5, 0.6) is 5.75 Å². The smallest absolute Gasteiger partial charge is 0.267 e. The van der Waals surface area contributed by atoms with Crippen LogP contribution in [0.4, 0.5) is 0 Å². The summed E-state index contributed by atoms with van der Waals surface area (Å²) >= 11 is 0. The second kappa shape index (κ2) is 11.5. The highest BCUT2D eigenvalue weighted by molar-refractivity contribution is 6.03. The van der Waals surface area contributed by atoms with Gasteiger partial charge in [0, 0.05) is 56.2 Å². The molecular formula is C29H38N4O3. The Morgan fingerprint density at radius 2 is 1.67 bits per heavy atom. The normalized spacial score (nSPS) is 18.5. The van der Waals surface area contributed by atoms with Gasteiger partial charge >= 0.3 is 0 Å². The minimum atomic E-state index is -0.114. The molecule has 0 radical (unpaired) electrons. The summed E-state index contributed by atoms with van der Waals surface area (Å²) in [7, 11) is 0. The molecule has 3 aromatic rings. The number of carbonyl (C=O) groups is 1. The number of fused-ring (bicyclic) bond motifs is 1. The maximum Gasteiger partial charge on any atom is 0.267 e. The largest absolute Gasteiger partial charge is 0.494 e. The van der Waals surface area contributed by atoms with Crippen molar-refractivity contribution in [1.29, 1.82) is 0 Å². The number of carbonyl (C=O) groups excluding carboxylic acids is 1. The van der Waals surface area contributed by atoms with Crippen molar-refractivity contribution in [1.82, 2.24) is 20.1 Å². The highest BCUT2D eigenvalue weighted by atomic mass is 16.5. The molecular weight excluding hydrogens is 452 g/mol. The molecule has 7 nitrogen and oxygen atoms in total. The zero-order chi connectivity index (χ0) is 24.9. The van der Waals surface area contributed by atoms with E-state index in [1.54, 1.807) is 0 Å². The first-order valence-electron chi connectivity index (χ1n) is 13.4. The lowest BCUT2D eigenvalue weighted by atomic mass is 10.0. The summed E-state index contributed by atoms with van der Waals surface area (Å²) in [6, 6.07) is 16.4. The van der Waals surface area contributed by atoms with E-state index >= 15 is 0 Å². The third kappa shape index (κ3) is 5.91. The number of nitrogens with zero attached hydrogens (tertiary/aromatic N) is 2. The molecule has 36 heavy (non-hydrogen) atoms. The van der Waals surface area contributed by atoms with Crippen molar-refractivity contribution >= 4 is 16.8 Å². The van der Waals surface area contributed by atoms with E-state index in [-0.39, 0.29) is 18.1 Å². The van der Waals surface area contributed by atoms with Gasteiger partial charge in [0.05, 0.1) is 12.7 Å². The van der Waals surface area contributed by atoms with Crippen molar-refractivity contribution in [2.75, 3.05) is 45.9 Å². The van der Waals surface area contributed by atoms with Crippen LogP contribution in [0.25, 0.3) is 22.0 Å². The minimum Gasteiger partial charge on any atom is -0.494 e. The number of aromatic nitrogens is 1. The molecule has 2 fully saturated rings. The van der Waals surface area contributed by atoms with Gasteiger partial charge in [0.15, 0.2) is 0 Å². The van der Waals surface area contributed by atoms with Crippen molar-refractivity contribution in [2.45, 2.75) is 44.8 Å². The van der Waals surface area contributed by atoms with E-state index in [0.717, 1.165) is 92.7 Å². The molecule has 2 aliphatic heterocycles. The minimum absolute atomic E-state index is 0.0332. The second-order valence-corrected chi connectivity index (χ2v) is 10.1. The summed E-state index contributed by atoms with van der Waals surface area (Å²) < 4.78 is 5.57. The van der Waals surface area contributed by atoms with Crippen molar-refractivity contribution in [2.24, 2.45) is 0 Å². The number of aromatic amines is 1. The lowest BCUT2D eigenvalue weighted by molar-refractivity contribution is 0.0729. The Kier molecular flexibility index (Phi) is 7.90. The molecule has 192 valence electrons. The van der Waals surface area contributed by atoms with Crippen molar-refractivity contribution in [3.05, 3.63) is 54.2 Å². The fourth-order valence-electron chi connectivity index (χ4n) is 5.42. The molecule has 2 aliphatic rings. The lowest BCUT2D eigenvalue weighted by Crippen LogP contribution is -2.47. The van der Waals surface area contributed by atoms with Crippen LogP contribution in [0.3, 0.4) is 0 Å². The summed E-state index contributed by atoms with van der Waals surface area (Å²) in [5, 5.41) is 14.0. The van der Waals surface area contributed by atoms with Crippen molar-refractivity contribution < 1.29 is 14.6 Å². The van der Waals surface area contributed by atoms with Crippen molar-refractivity contribution in [3.63, 3.8) is 0 Å². The van der Waals surface area contributed by atoms with Gasteiger partial charge < -0.3 is 29.9 Å². The predicted octanol–water partition coefficient (Wildman–Crippen LogP) is 3.88. The fourth-order valence-corrected chi connectivity index (χ4v) is 5.42. The molecule has 0 atom stereocenters. The monoisotopic (exact) mass is 490 g/mol. The highest BCUT2D eigenvalue weighted by Crippen LogP contribution is 2.30. The molecule has 5 rings (SSSR count). The first-order chi connectivity index (χ1) is 17.6. The van der Waals surface area contributed by atoms with Crippen LogP contribution in [0.15, 0.2) is 48.5 Å². The number of hydrogen-bond donors (Lipinski definition) is 3. The van der Waals surface area contributed by atoms with Gasteiger partial charge in [-0.1, -0.05) is 24.3 Å². The predicted molar refractivity (Wildman–Crippen MR) is 144 cm³/mol. The standard InChI is InChI=1S/C29H38N4O3/c1-2-36-24-8-6-21(7-9-24)25-4-3-5-27-26(25)20-28(31-27)29(35)30-22-10-14-32(15-11-22)18-19-33-16-12-23(34)13-17-33/h3-9,20,22-23,31,34H,2,10-19H2,1H3,(H,30,35). The molecule has 0 bridgehead atoms. The number of piperidine rings is 2. The number of aliphatic hydroxyl groups excluding tert-OH is 1. The number of aliphatic hydroxyl groups is 1. The van der Waals surface area contributed by atoms with Crippen LogP contribution in [0, 0.1) is 0 Å². The van der Waals surface area contributed by atoms with Crippen LogP contribution >= 0.6 is 0 Å². The van der Waals surface area contributed by atoms with Crippen LogP contribution in [0.1, 0.15) is 43.1 Å². The van der Waals surface area contributed by atoms with E-state index in [1.807, 2.05) is 37.3 Å². The number of ether oxygens (including phenoxy) is 1. The molecule has 3 N–H and O–H groups in total. The number of likely N-dealkylation sites (tertiary alicyclic amines) is 2. The molecule has 2 aromatic carbocycles. The zero-order valence-corrected chi connectivity index (χ0v) is 21.2. The van der Waals surface area contributed by atoms with Gasteiger partial charge in [0.1, 0.15) is 11.4 Å². The Morgan fingerprint density at radius 1 is 1.00 bits per heavy atom. The number of hydrogen-bond acceptors (Lipinski definition) is 5. The maximum absolute atomic E-state index is 13.1. The summed E-state index contributed by atoms with van der Waals surface area (Å²) in [5.41, 5.74) is 3.77. The molecule has 0 unspecified atom stereocenters. The van der Waals surface area contributed by atoms with E-state index in [0.29, 0.717) is 12.3 Å². The summed E-state index contributed by atoms with van der Waals surface area (Å²) in [4.78, 5) is 21.4. The highest BCUT2D eigenvalue weighted by Gasteiger charge is 2.23. The van der Waals surface area contributed by atoms with Gasteiger partial charge in [-0.3, -0.25) is 4.79 Å². The summed E-state index contributed by atoms with van der Waals surface area (Å²) in [5.74, 6) is 0.828. The van der Waals surface area contributed by atoms with Crippen LogP contribution in [-0.2, 0) is 0 Å². The van der Waals surface area contributed by atoms with Gasteiger partial charge in [0.2, 0.25) is 0 Å². The van der Waals surface area contributed by atoms with E-state index in [1.165, 1.54) is 0 Å². The zero-order valence-electron chi connectivity index (χ0n) is 21.2. The third-order valence-corrected chi connectivity index (χ3v) is 7.60.